The van der Waals surface area contributed by atoms with E-state index in [0.29, 0.717) is 11.3 Å². The predicted octanol–water partition coefficient (Wildman–Crippen LogP) is 7.54. The molecular weight excluding hydrogens is 662 g/mol. The molecule has 0 bridgehead atoms. The average Bonchev–Trinajstić information content (AvgIpc) is 2.92. The lowest BCUT2D eigenvalue weighted by atomic mass is 10.0. The highest BCUT2D eigenvalue weighted by atomic mass is 80.0. The van der Waals surface area contributed by atoms with Gasteiger partial charge in [0.15, 0.2) is 0 Å². The fraction of sp³-hybridized carbons (Fsp3) is 0.138. The van der Waals surface area contributed by atoms with Gasteiger partial charge < -0.3 is 5.32 Å². The number of nitrogens with one attached hydrogen (secondary N) is 1. The fourth-order valence-electron chi connectivity index (χ4n) is 4.04. The van der Waals surface area contributed by atoms with E-state index in [0.717, 1.165) is 16.7 Å². The SMILES string of the molecule is C[C@H](NC(=O)[C@H](c1cccnc1)N(C(=O)C(Br)(Br)Br)c1ccc(-c2ccccc2)cc1)c1ccccc1. The molecule has 4 aromatic rings. The largest absolute Gasteiger partial charge is 0.347 e. The molecule has 2 amide bonds. The van der Waals surface area contributed by atoms with E-state index in [1.165, 1.54) is 4.90 Å². The molecule has 37 heavy (non-hydrogen) atoms. The van der Waals surface area contributed by atoms with Gasteiger partial charge in [-0.25, -0.2) is 0 Å². The molecule has 0 fully saturated rings. The summed E-state index contributed by atoms with van der Waals surface area (Å²) in [5.74, 6) is -0.738. The van der Waals surface area contributed by atoms with E-state index in [4.69, 9.17) is 0 Å². The molecule has 2 atom stereocenters. The summed E-state index contributed by atoms with van der Waals surface area (Å²) in [6, 6.07) is 29.5. The third-order valence-corrected chi connectivity index (χ3v) is 6.90. The van der Waals surface area contributed by atoms with Crippen molar-refractivity contribution in [2.24, 2.45) is 0 Å². The number of halogens is 3. The zero-order chi connectivity index (χ0) is 26.4. The van der Waals surface area contributed by atoms with Crippen molar-refractivity contribution in [2.75, 3.05) is 4.90 Å². The number of hydrogen-bond acceptors (Lipinski definition) is 3. The first-order chi connectivity index (χ1) is 17.8. The highest BCUT2D eigenvalue weighted by Crippen LogP contribution is 2.40. The van der Waals surface area contributed by atoms with Crippen molar-refractivity contribution in [3.8, 4) is 11.1 Å². The number of pyridine rings is 1. The van der Waals surface area contributed by atoms with Crippen LogP contribution in [0.5, 0.6) is 0 Å². The number of rotatable bonds is 7. The molecule has 5 nitrogen and oxygen atoms in total. The molecule has 0 spiro atoms. The summed E-state index contributed by atoms with van der Waals surface area (Å²) in [7, 11) is 0. The van der Waals surface area contributed by atoms with Crippen LogP contribution in [0.1, 0.15) is 30.1 Å². The summed E-state index contributed by atoms with van der Waals surface area (Å²) in [4.78, 5) is 33.4. The van der Waals surface area contributed by atoms with Gasteiger partial charge in [-0.2, -0.15) is 0 Å². The molecule has 0 saturated carbocycles. The topological polar surface area (TPSA) is 62.3 Å². The molecule has 0 aliphatic rings. The van der Waals surface area contributed by atoms with Crippen LogP contribution in [0.15, 0.2) is 109 Å². The Bertz CT molecular complexity index is 1330. The van der Waals surface area contributed by atoms with Gasteiger partial charge in [-0.05, 0) is 89.6 Å². The number of aromatic nitrogens is 1. The minimum atomic E-state index is -1.28. The van der Waals surface area contributed by atoms with Gasteiger partial charge in [-0.3, -0.25) is 19.5 Å². The maximum absolute atomic E-state index is 13.9. The molecular formula is C29H24Br3N3O2. The summed E-state index contributed by atoms with van der Waals surface area (Å²) in [6.45, 7) is 1.91. The lowest BCUT2D eigenvalue weighted by Gasteiger charge is -2.34. The molecule has 1 N–H and O–H groups in total. The van der Waals surface area contributed by atoms with E-state index in [-0.39, 0.29) is 11.9 Å². The summed E-state index contributed by atoms with van der Waals surface area (Å²) < 4.78 is -1.28. The molecule has 8 heteroatoms. The van der Waals surface area contributed by atoms with Gasteiger partial charge in [0.25, 0.3) is 5.91 Å². The first kappa shape index (κ1) is 27.2. The predicted molar refractivity (Wildman–Crippen MR) is 159 cm³/mol. The molecule has 1 aromatic heterocycles. The van der Waals surface area contributed by atoms with Crippen molar-refractivity contribution in [3.63, 3.8) is 0 Å². The van der Waals surface area contributed by atoms with Gasteiger partial charge in [0.05, 0.1) is 6.04 Å². The van der Waals surface area contributed by atoms with Crippen molar-refractivity contribution in [2.45, 2.75) is 21.2 Å². The van der Waals surface area contributed by atoms with E-state index >= 15 is 0 Å². The summed E-state index contributed by atoms with van der Waals surface area (Å²) in [5, 5.41) is 3.08. The molecule has 4 rings (SSSR count). The van der Waals surface area contributed by atoms with Crippen LogP contribution in [0.4, 0.5) is 5.69 Å². The van der Waals surface area contributed by atoms with Crippen LogP contribution in [-0.4, -0.2) is 18.9 Å². The monoisotopic (exact) mass is 683 g/mol. The van der Waals surface area contributed by atoms with Crippen LogP contribution < -0.4 is 10.2 Å². The number of alkyl halides is 3. The van der Waals surface area contributed by atoms with Crippen LogP contribution >= 0.6 is 47.8 Å². The Hall–Kier alpha value is -2.81. The van der Waals surface area contributed by atoms with Crippen molar-refractivity contribution in [1.82, 2.24) is 10.3 Å². The number of amides is 2. The average molecular weight is 686 g/mol. The molecule has 0 aliphatic heterocycles. The van der Waals surface area contributed by atoms with Gasteiger partial charge in [0.1, 0.15) is 6.04 Å². The van der Waals surface area contributed by atoms with Crippen molar-refractivity contribution >= 4 is 65.3 Å². The Balaban J connectivity index is 1.77. The van der Waals surface area contributed by atoms with E-state index in [2.05, 4.69) is 58.1 Å². The highest BCUT2D eigenvalue weighted by molar-refractivity contribution is 9.40. The lowest BCUT2D eigenvalue weighted by molar-refractivity contribution is -0.126. The van der Waals surface area contributed by atoms with Crippen molar-refractivity contribution in [1.29, 1.82) is 0 Å². The smallest absolute Gasteiger partial charge is 0.266 e. The Morgan fingerprint density at radius 2 is 1.35 bits per heavy atom. The van der Waals surface area contributed by atoms with E-state index < -0.39 is 14.1 Å². The Kier molecular flexibility index (Phi) is 8.95. The molecule has 0 saturated heterocycles. The quantitative estimate of drug-likeness (QED) is 0.205. The number of benzene rings is 3. The van der Waals surface area contributed by atoms with E-state index in [1.807, 2.05) is 91.9 Å². The molecule has 0 aliphatic carbocycles. The van der Waals surface area contributed by atoms with Gasteiger partial charge in [0, 0.05) is 23.6 Å². The molecule has 3 aromatic carbocycles. The maximum Gasteiger partial charge on any atom is 0.266 e. The number of nitrogens with zero attached hydrogens (tertiary/aromatic N) is 2. The number of carbonyl (C=O) groups excluding carboxylic acids is 2. The molecule has 0 unspecified atom stereocenters. The van der Waals surface area contributed by atoms with Crippen LogP contribution in [0.3, 0.4) is 0 Å². The van der Waals surface area contributed by atoms with Gasteiger partial charge in [-0.1, -0.05) is 78.9 Å². The maximum atomic E-state index is 13.9. The van der Waals surface area contributed by atoms with Gasteiger partial charge in [-0.15, -0.1) is 0 Å². The minimum Gasteiger partial charge on any atom is -0.347 e. The summed E-state index contributed by atoms with van der Waals surface area (Å²) >= 11 is 10.1. The standard InChI is InChI=1S/C29H24Br3N3O2/c1-20(21-9-4-2-5-10-21)34-27(36)26(24-13-8-18-33-19-24)35(28(37)29(30,31)32)25-16-14-23(15-17-25)22-11-6-3-7-12-22/h2-20,26H,1H3,(H,34,36)/t20-,26-/m0/s1. The molecule has 188 valence electrons. The van der Waals surface area contributed by atoms with Crippen LogP contribution in [0, 0.1) is 0 Å². The Morgan fingerprint density at radius 1 is 0.784 bits per heavy atom. The lowest BCUT2D eigenvalue weighted by Crippen LogP contribution is -2.48. The van der Waals surface area contributed by atoms with Crippen LogP contribution in [-0.2, 0) is 9.59 Å². The third-order valence-electron chi connectivity index (χ3n) is 5.88. The third kappa shape index (κ3) is 6.74. The van der Waals surface area contributed by atoms with Crippen LogP contribution in [0.25, 0.3) is 11.1 Å². The second-order valence-corrected chi connectivity index (χ2v) is 15.2. The van der Waals surface area contributed by atoms with Crippen molar-refractivity contribution < 1.29 is 9.59 Å². The van der Waals surface area contributed by atoms with Crippen molar-refractivity contribution in [3.05, 3.63) is 121 Å². The first-order valence-corrected chi connectivity index (χ1v) is 13.9. The Labute approximate surface area is 241 Å². The number of anilines is 1. The zero-order valence-corrected chi connectivity index (χ0v) is 24.6. The zero-order valence-electron chi connectivity index (χ0n) is 19.9. The first-order valence-electron chi connectivity index (χ1n) is 11.6. The normalized spacial score (nSPS) is 12.9. The van der Waals surface area contributed by atoms with Gasteiger partial charge >= 0.3 is 0 Å². The summed E-state index contributed by atoms with van der Waals surface area (Å²) in [5.41, 5.74) is 4.16. The molecule has 0 radical (unpaired) electrons. The van der Waals surface area contributed by atoms with E-state index in [1.54, 1.807) is 24.5 Å². The minimum absolute atomic E-state index is 0.271. The Morgan fingerprint density at radius 3 is 1.92 bits per heavy atom. The second-order valence-electron chi connectivity index (χ2n) is 8.42. The number of hydrogen-bond donors (Lipinski definition) is 1. The van der Waals surface area contributed by atoms with Crippen LogP contribution in [0.2, 0.25) is 0 Å². The fourth-order valence-corrected chi connectivity index (χ4v) is 4.61. The summed E-state index contributed by atoms with van der Waals surface area (Å²) in [6.07, 6.45) is 3.24. The number of carbonyl (C=O) groups is 2. The highest BCUT2D eigenvalue weighted by Gasteiger charge is 2.41. The van der Waals surface area contributed by atoms with Gasteiger partial charge in [0.2, 0.25) is 8.05 Å². The molecule has 1 heterocycles. The second kappa shape index (κ2) is 12.2. The van der Waals surface area contributed by atoms with E-state index in [9.17, 15) is 9.59 Å².